The maximum atomic E-state index is 5.80. The smallest absolute Gasteiger partial charge is 0.143 e. The van der Waals surface area contributed by atoms with Crippen molar-refractivity contribution in [1.29, 1.82) is 0 Å². The van der Waals surface area contributed by atoms with Crippen molar-refractivity contribution >= 4 is 10.9 Å². The number of rotatable bonds is 3. The predicted molar refractivity (Wildman–Crippen MR) is 62.1 cm³/mol. The Morgan fingerprint density at radius 1 is 1.40 bits per heavy atom. The molecule has 0 aliphatic rings. The number of hydrogen-bond acceptors (Lipinski definition) is 2. The average Bonchev–Trinajstić information content (AvgIpc) is 2.61. The van der Waals surface area contributed by atoms with Gasteiger partial charge < -0.3 is 15.0 Å². The van der Waals surface area contributed by atoms with Crippen molar-refractivity contribution in [3.63, 3.8) is 0 Å². The van der Waals surface area contributed by atoms with E-state index in [1.165, 1.54) is 5.39 Å². The van der Waals surface area contributed by atoms with E-state index in [1.807, 2.05) is 19.1 Å². The monoisotopic (exact) mass is 204 g/mol. The van der Waals surface area contributed by atoms with Crippen LogP contribution in [0.25, 0.3) is 10.9 Å². The van der Waals surface area contributed by atoms with E-state index in [0.717, 1.165) is 17.8 Å². The molecule has 0 saturated carbocycles. The summed E-state index contributed by atoms with van der Waals surface area (Å²) in [6, 6.07) is 8.28. The van der Waals surface area contributed by atoms with E-state index in [1.54, 1.807) is 7.11 Å². The third-order valence-electron chi connectivity index (χ3n) is 2.46. The van der Waals surface area contributed by atoms with Gasteiger partial charge in [-0.25, -0.2) is 0 Å². The molecule has 0 saturated heterocycles. The lowest BCUT2D eigenvalue weighted by atomic mass is 10.2. The van der Waals surface area contributed by atoms with Crippen LogP contribution in [0.5, 0.6) is 5.75 Å². The first-order valence-corrected chi connectivity index (χ1v) is 5.10. The number of aromatic nitrogens is 1. The summed E-state index contributed by atoms with van der Waals surface area (Å²) < 4.78 is 7.48. The number of hydrogen-bond donors (Lipinski definition) is 1. The Bertz CT molecular complexity index is 460. The molecule has 15 heavy (non-hydrogen) atoms. The molecule has 2 aromatic rings. The molecule has 1 aromatic heterocycles. The normalized spacial score (nSPS) is 13.0. The first-order chi connectivity index (χ1) is 7.22. The third-order valence-corrected chi connectivity index (χ3v) is 2.46. The van der Waals surface area contributed by atoms with Gasteiger partial charge in [-0.3, -0.25) is 0 Å². The van der Waals surface area contributed by atoms with Gasteiger partial charge in [-0.05, 0) is 19.1 Å². The summed E-state index contributed by atoms with van der Waals surface area (Å²) in [4.78, 5) is 0. The summed E-state index contributed by atoms with van der Waals surface area (Å²) in [5, 5.41) is 1.19. The number of nitrogens with zero attached hydrogens (tertiary/aromatic N) is 1. The molecular formula is C12H16N2O. The van der Waals surface area contributed by atoms with Crippen LogP contribution < -0.4 is 10.5 Å². The quantitative estimate of drug-likeness (QED) is 0.830. The number of para-hydroxylation sites is 1. The number of benzene rings is 1. The molecule has 0 fully saturated rings. The summed E-state index contributed by atoms with van der Waals surface area (Å²) in [5.74, 6) is 0.901. The fourth-order valence-electron chi connectivity index (χ4n) is 1.85. The van der Waals surface area contributed by atoms with Gasteiger partial charge in [0.25, 0.3) is 0 Å². The SMILES string of the molecule is COc1cccc2ccn(CC(C)N)c12. The Morgan fingerprint density at radius 2 is 2.20 bits per heavy atom. The van der Waals surface area contributed by atoms with Crippen LogP contribution in [-0.2, 0) is 6.54 Å². The lowest BCUT2D eigenvalue weighted by molar-refractivity contribution is 0.416. The summed E-state index contributed by atoms with van der Waals surface area (Å²) in [5.41, 5.74) is 6.93. The first kappa shape index (κ1) is 10.1. The number of fused-ring (bicyclic) bond motifs is 1. The second-order valence-electron chi connectivity index (χ2n) is 3.84. The van der Waals surface area contributed by atoms with Crippen molar-refractivity contribution in [2.45, 2.75) is 19.5 Å². The molecule has 0 radical (unpaired) electrons. The lowest BCUT2D eigenvalue weighted by Gasteiger charge is -2.10. The van der Waals surface area contributed by atoms with E-state index in [4.69, 9.17) is 10.5 Å². The predicted octanol–water partition coefficient (Wildman–Crippen LogP) is 2.00. The molecule has 1 heterocycles. The van der Waals surface area contributed by atoms with Crippen LogP contribution in [-0.4, -0.2) is 17.7 Å². The Hall–Kier alpha value is -1.48. The molecule has 1 unspecified atom stereocenters. The molecule has 80 valence electrons. The molecule has 2 rings (SSSR count). The molecule has 3 nitrogen and oxygen atoms in total. The zero-order chi connectivity index (χ0) is 10.8. The summed E-state index contributed by atoms with van der Waals surface area (Å²) in [6.45, 7) is 2.81. The minimum absolute atomic E-state index is 0.144. The van der Waals surface area contributed by atoms with Crippen LogP contribution in [0.3, 0.4) is 0 Å². The Kier molecular flexibility index (Phi) is 2.64. The Balaban J connectivity index is 2.55. The van der Waals surface area contributed by atoms with E-state index < -0.39 is 0 Å². The van der Waals surface area contributed by atoms with E-state index in [9.17, 15) is 0 Å². The Morgan fingerprint density at radius 3 is 2.87 bits per heavy atom. The number of methoxy groups -OCH3 is 1. The molecule has 0 aliphatic heterocycles. The Labute approximate surface area is 89.4 Å². The molecule has 0 aliphatic carbocycles. The van der Waals surface area contributed by atoms with Gasteiger partial charge in [0, 0.05) is 24.2 Å². The topological polar surface area (TPSA) is 40.2 Å². The second-order valence-corrected chi connectivity index (χ2v) is 3.84. The second kappa shape index (κ2) is 3.95. The molecular weight excluding hydrogens is 188 g/mol. The van der Waals surface area contributed by atoms with Gasteiger partial charge in [0.1, 0.15) is 5.75 Å². The fraction of sp³-hybridized carbons (Fsp3) is 0.333. The van der Waals surface area contributed by atoms with Gasteiger partial charge in [0.2, 0.25) is 0 Å². The van der Waals surface area contributed by atoms with E-state index >= 15 is 0 Å². The molecule has 0 amide bonds. The highest BCUT2D eigenvalue weighted by atomic mass is 16.5. The first-order valence-electron chi connectivity index (χ1n) is 5.10. The zero-order valence-electron chi connectivity index (χ0n) is 9.10. The van der Waals surface area contributed by atoms with Crippen molar-refractivity contribution in [3.8, 4) is 5.75 Å². The van der Waals surface area contributed by atoms with Crippen LogP contribution in [0.2, 0.25) is 0 Å². The molecule has 1 aromatic carbocycles. The van der Waals surface area contributed by atoms with E-state index in [0.29, 0.717) is 0 Å². The van der Waals surface area contributed by atoms with Crippen LogP contribution in [0.4, 0.5) is 0 Å². The fourth-order valence-corrected chi connectivity index (χ4v) is 1.85. The van der Waals surface area contributed by atoms with Crippen LogP contribution in [0.15, 0.2) is 30.5 Å². The van der Waals surface area contributed by atoms with Crippen molar-refractivity contribution in [3.05, 3.63) is 30.5 Å². The van der Waals surface area contributed by atoms with Crippen LogP contribution in [0, 0.1) is 0 Å². The molecule has 0 spiro atoms. The molecule has 2 N–H and O–H groups in total. The number of ether oxygens (including phenoxy) is 1. The average molecular weight is 204 g/mol. The summed E-state index contributed by atoms with van der Waals surface area (Å²) >= 11 is 0. The minimum Gasteiger partial charge on any atom is -0.495 e. The summed E-state index contributed by atoms with van der Waals surface area (Å²) in [7, 11) is 1.69. The highest BCUT2D eigenvalue weighted by Gasteiger charge is 2.07. The zero-order valence-corrected chi connectivity index (χ0v) is 9.10. The highest BCUT2D eigenvalue weighted by Crippen LogP contribution is 2.26. The van der Waals surface area contributed by atoms with Crippen LogP contribution in [0.1, 0.15) is 6.92 Å². The van der Waals surface area contributed by atoms with Crippen molar-refractivity contribution in [2.24, 2.45) is 5.73 Å². The molecule has 3 heteroatoms. The maximum Gasteiger partial charge on any atom is 0.143 e. The maximum absolute atomic E-state index is 5.80. The lowest BCUT2D eigenvalue weighted by Crippen LogP contribution is -2.21. The van der Waals surface area contributed by atoms with Gasteiger partial charge in [0.15, 0.2) is 0 Å². The summed E-state index contributed by atoms with van der Waals surface area (Å²) in [6.07, 6.45) is 2.05. The van der Waals surface area contributed by atoms with Gasteiger partial charge in [0.05, 0.1) is 12.6 Å². The minimum atomic E-state index is 0.144. The van der Waals surface area contributed by atoms with Crippen molar-refractivity contribution < 1.29 is 4.74 Å². The third kappa shape index (κ3) is 1.83. The van der Waals surface area contributed by atoms with Gasteiger partial charge >= 0.3 is 0 Å². The molecule has 1 atom stereocenters. The van der Waals surface area contributed by atoms with Gasteiger partial charge in [-0.2, -0.15) is 0 Å². The van der Waals surface area contributed by atoms with E-state index in [-0.39, 0.29) is 6.04 Å². The number of nitrogens with two attached hydrogens (primary N) is 1. The van der Waals surface area contributed by atoms with Crippen molar-refractivity contribution in [2.75, 3.05) is 7.11 Å². The van der Waals surface area contributed by atoms with E-state index in [2.05, 4.69) is 22.9 Å². The largest absolute Gasteiger partial charge is 0.495 e. The standard InChI is InChI=1S/C12H16N2O/c1-9(13)8-14-7-6-10-4-3-5-11(15-2)12(10)14/h3-7,9H,8,13H2,1-2H3. The van der Waals surface area contributed by atoms with Crippen molar-refractivity contribution in [1.82, 2.24) is 4.57 Å². The van der Waals surface area contributed by atoms with Gasteiger partial charge in [-0.15, -0.1) is 0 Å². The van der Waals surface area contributed by atoms with Crippen LogP contribution >= 0.6 is 0 Å². The van der Waals surface area contributed by atoms with Gasteiger partial charge in [-0.1, -0.05) is 12.1 Å². The molecule has 0 bridgehead atoms. The highest BCUT2D eigenvalue weighted by molar-refractivity contribution is 5.85.